The van der Waals surface area contributed by atoms with Gasteiger partial charge in [0.15, 0.2) is 0 Å². The van der Waals surface area contributed by atoms with E-state index in [9.17, 15) is 22.8 Å². The van der Waals surface area contributed by atoms with E-state index in [0.717, 1.165) is 75.8 Å². The summed E-state index contributed by atoms with van der Waals surface area (Å²) in [5, 5.41) is 6.29. The molecule has 8 nitrogen and oxygen atoms in total. The van der Waals surface area contributed by atoms with E-state index < -0.39 is 28.6 Å². The number of ether oxygens (including phenoxy) is 1. The summed E-state index contributed by atoms with van der Waals surface area (Å²) < 4.78 is 46.0. The second kappa shape index (κ2) is 18.2. The minimum atomic E-state index is -4.64. The van der Waals surface area contributed by atoms with Gasteiger partial charge in [-0.25, -0.2) is 5.43 Å². The summed E-state index contributed by atoms with van der Waals surface area (Å²) in [7, 11) is 2.05. The molecule has 1 aliphatic carbocycles. The third kappa shape index (κ3) is 11.6. The Morgan fingerprint density at radius 3 is 2.45 bits per heavy atom. The van der Waals surface area contributed by atoms with Crippen LogP contribution in [0.4, 0.5) is 18.9 Å². The van der Waals surface area contributed by atoms with Gasteiger partial charge in [-0.05, 0) is 92.5 Å². The van der Waals surface area contributed by atoms with Crippen molar-refractivity contribution < 1.29 is 27.5 Å². The molecule has 0 radical (unpaired) electrons. The second-order valence-electron chi connectivity index (χ2n) is 12.4. The largest absolute Gasteiger partial charge is 0.493 e. The standard InChI is InChI=1S/C37H45ClF3N5O3/c1-4-46(5-2)19-18-45(3)24-28-12-9-13-29(20-28)35(47)43-34-17-15-30(49-25-26-10-7-6-8-11-26)22-31(34)36(48)44-42-23-27-14-16-33(38)32(21-27)37(39,40)41/h9,12-17,20-23,26H,4-8,10-11,18-19,24-25H2,1-3H3,(H,43,47)(H,44,48). The van der Waals surface area contributed by atoms with Crippen LogP contribution in [0.5, 0.6) is 5.75 Å². The lowest BCUT2D eigenvalue weighted by molar-refractivity contribution is -0.137. The van der Waals surface area contributed by atoms with Gasteiger partial charge in [0.25, 0.3) is 11.8 Å². The van der Waals surface area contributed by atoms with Crippen LogP contribution >= 0.6 is 11.6 Å². The third-order valence-corrected chi connectivity index (χ3v) is 9.03. The molecule has 0 aliphatic heterocycles. The fraction of sp³-hybridized carbons (Fsp3) is 0.432. The topological polar surface area (TPSA) is 86.3 Å². The number of rotatable bonds is 15. The quantitative estimate of drug-likeness (QED) is 0.124. The maximum atomic E-state index is 13.4. The average Bonchev–Trinajstić information content (AvgIpc) is 3.09. The fourth-order valence-corrected chi connectivity index (χ4v) is 6.02. The summed E-state index contributed by atoms with van der Waals surface area (Å²) in [6.45, 7) is 9.28. The van der Waals surface area contributed by atoms with Gasteiger partial charge in [0, 0.05) is 25.2 Å². The van der Waals surface area contributed by atoms with Crippen LogP contribution in [0.2, 0.25) is 5.02 Å². The number of likely N-dealkylation sites (N-methyl/N-ethyl adjacent to an activating group) is 2. The smallest absolute Gasteiger partial charge is 0.417 e. The summed E-state index contributed by atoms with van der Waals surface area (Å²) in [4.78, 5) is 31.4. The lowest BCUT2D eigenvalue weighted by Gasteiger charge is -2.23. The van der Waals surface area contributed by atoms with Crippen LogP contribution in [0.3, 0.4) is 0 Å². The number of anilines is 1. The second-order valence-corrected chi connectivity index (χ2v) is 12.8. The number of hydrazone groups is 1. The van der Waals surface area contributed by atoms with Gasteiger partial charge in [0.05, 0.1) is 34.7 Å². The molecule has 4 rings (SSSR count). The number of hydrogen-bond acceptors (Lipinski definition) is 6. The summed E-state index contributed by atoms with van der Waals surface area (Å²) in [6, 6.07) is 15.5. The van der Waals surface area contributed by atoms with E-state index in [0.29, 0.717) is 30.4 Å². The van der Waals surface area contributed by atoms with E-state index >= 15 is 0 Å². The molecule has 0 unspecified atom stereocenters. The average molecular weight is 700 g/mol. The Hall–Kier alpha value is -3.93. The first-order chi connectivity index (χ1) is 23.5. The molecule has 12 heteroatoms. The van der Waals surface area contributed by atoms with Crippen molar-refractivity contribution >= 4 is 35.3 Å². The molecule has 2 N–H and O–H groups in total. The van der Waals surface area contributed by atoms with Crippen molar-refractivity contribution in [2.45, 2.75) is 58.7 Å². The van der Waals surface area contributed by atoms with Crippen LogP contribution in [-0.4, -0.2) is 67.7 Å². The summed E-state index contributed by atoms with van der Waals surface area (Å²) in [6.07, 6.45) is 2.17. The molecule has 0 bridgehead atoms. The van der Waals surface area contributed by atoms with Crippen LogP contribution in [0.15, 0.2) is 65.8 Å². The van der Waals surface area contributed by atoms with Gasteiger partial charge in [0.1, 0.15) is 5.75 Å². The third-order valence-electron chi connectivity index (χ3n) is 8.70. The Morgan fingerprint density at radius 1 is 0.980 bits per heavy atom. The number of carbonyl (C=O) groups is 2. The zero-order chi connectivity index (χ0) is 35.4. The van der Waals surface area contributed by atoms with Crippen molar-refractivity contribution in [2.75, 3.05) is 45.2 Å². The zero-order valence-corrected chi connectivity index (χ0v) is 29.0. The number of benzene rings is 3. The van der Waals surface area contributed by atoms with Gasteiger partial charge < -0.3 is 19.9 Å². The van der Waals surface area contributed by atoms with Crippen molar-refractivity contribution in [1.82, 2.24) is 15.2 Å². The molecule has 0 aromatic heterocycles. The lowest BCUT2D eigenvalue weighted by Crippen LogP contribution is -2.32. The van der Waals surface area contributed by atoms with Crippen LogP contribution in [-0.2, 0) is 12.7 Å². The highest BCUT2D eigenvalue weighted by Crippen LogP contribution is 2.35. The van der Waals surface area contributed by atoms with Crippen LogP contribution in [0, 0.1) is 5.92 Å². The van der Waals surface area contributed by atoms with E-state index in [4.69, 9.17) is 16.3 Å². The van der Waals surface area contributed by atoms with Crippen molar-refractivity contribution in [3.05, 3.63) is 93.5 Å². The molecular formula is C37H45ClF3N5O3. The Bertz CT molecular complexity index is 1590. The SMILES string of the molecule is CCN(CC)CCN(C)Cc1cccc(C(=O)Nc2ccc(OCC3CCCCC3)cc2C(=O)NN=Cc2ccc(Cl)c(C(F)(F)F)c2)c1. The lowest BCUT2D eigenvalue weighted by atomic mass is 9.90. The molecule has 1 aliphatic rings. The number of hydrogen-bond donors (Lipinski definition) is 2. The molecule has 3 aromatic carbocycles. The van der Waals surface area contributed by atoms with Crippen molar-refractivity contribution in [1.29, 1.82) is 0 Å². The number of carbonyl (C=O) groups excluding carboxylic acids is 2. The van der Waals surface area contributed by atoms with E-state index in [-0.39, 0.29) is 16.8 Å². The Morgan fingerprint density at radius 2 is 1.73 bits per heavy atom. The Kier molecular flexibility index (Phi) is 14.0. The van der Waals surface area contributed by atoms with Gasteiger partial charge >= 0.3 is 6.18 Å². The molecule has 0 spiro atoms. The molecule has 2 amide bonds. The number of amides is 2. The van der Waals surface area contributed by atoms with E-state index in [1.54, 1.807) is 18.2 Å². The van der Waals surface area contributed by atoms with Crippen molar-refractivity contribution in [2.24, 2.45) is 11.0 Å². The normalized spacial score (nSPS) is 14.1. The predicted molar refractivity (Wildman–Crippen MR) is 189 cm³/mol. The minimum absolute atomic E-state index is 0.0889. The highest BCUT2D eigenvalue weighted by molar-refractivity contribution is 6.31. The molecule has 3 aromatic rings. The van der Waals surface area contributed by atoms with Crippen LogP contribution < -0.4 is 15.5 Å². The van der Waals surface area contributed by atoms with Gasteiger partial charge in [-0.2, -0.15) is 18.3 Å². The van der Waals surface area contributed by atoms with Crippen molar-refractivity contribution in [3.8, 4) is 5.75 Å². The van der Waals surface area contributed by atoms with Crippen LogP contribution in [0.25, 0.3) is 0 Å². The summed E-state index contributed by atoms with van der Waals surface area (Å²) >= 11 is 5.72. The monoisotopic (exact) mass is 699 g/mol. The van der Waals surface area contributed by atoms with Gasteiger partial charge in [-0.15, -0.1) is 0 Å². The molecule has 264 valence electrons. The number of alkyl halides is 3. The number of halogens is 4. The first-order valence-electron chi connectivity index (χ1n) is 16.7. The number of nitrogens with zero attached hydrogens (tertiary/aromatic N) is 3. The molecular weight excluding hydrogens is 655 g/mol. The van der Waals surface area contributed by atoms with E-state index in [2.05, 4.69) is 39.5 Å². The highest BCUT2D eigenvalue weighted by Gasteiger charge is 2.33. The first-order valence-corrected chi connectivity index (χ1v) is 17.1. The summed E-state index contributed by atoms with van der Waals surface area (Å²) in [5.74, 6) is -0.190. The van der Waals surface area contributed by atoms with Crippen LogP contribution in [0.1, 0.15) is 83.4 Å². The molecule has 1 fully saturated rings. The summed E-state index contributed by atoms with van der Waals surface area (Å²) in [5.41, 5.74) is 3.18. The minimum Gasteiger partial charge on any atom is -0.493 e. The maximum absolute atomic E-state index is 13.4. The molecule has 49 heavy (non-hydrogen) atoms. The van der Waals surface area contributed by atoms with Gasteiger partial charge in [0.2, 0.25) is 0 Å². The Balaban J connectivity index is 1.50. The Labute approximate surface area is 291 Å². The molecule has 0 saturated heterocycles. The molecule has 0 atom stereocenters. The fourth-order valence-electron chi connectivity index (χ4n) is 5.79. The molecule has 1 saturated carbocycles. The first kappa shape index (κ1) is 37.9. The predicted octanol–water partition coefficient (Wildman–Crippen LogP) is 8.11. The maximum Gasteiger partial charge on any atom is 0.417 e. The van der Waals surface area contributed by atoms with E-state index in [1.807, 2.05) is 25.2 Å². The van der Waals surface area contributed by atoms with Gasteiger partial charge in [-0.1, -0.05) is 62.9 Å². The highest BCUT2D eigenvalue weighted by atomic mass is 35.5. The zero-order valence-electron chi connectivity index (χ0n) is 28.3. The number of nitrogens with one attached hydrogen (secondary N) is 2. The molecule has 0 heterocycles. The van der Waals surface area contributed by atoms with E-state index in [1.165, 1.54) is 18.6 Å². The van der Waals surface area contributed by atoms with Crippen molar-refractivity contribution in [3.63, 3.8) is 0 Å². The van der Waals surface area contributed by atoms with Gasteiger partial charge in [-0.3, -0.25) is 9.59 Å².